The van der Waals surface area contributed by atoms with Crippen LogP contribution in [0.5, 0.6) is 0 Å². The van der Waals surface area contributed by atoms with Crippen LogP contribution in [0.2, 0.25) is 0 Å². The fourth-order valence-corrected chi connectivity index (χ4v) is 3.72. The van der Waals surface area contributed by atoms with Gasteiger partial charge in [0.25, 0.3) is 5.91 Å². The van der Waals surface area contributed by atoms with Crippen molar-refractivity contribution in [2.45, 2.75) is 13.1 Å². The molecule has 0 saturated carbocycles. The lowest BCUT2D eigenvalue weighted by molar-refractivity contribution is 0.102. The predicted molar refractivity (Wildman–Crippen MR) is 108 cm³/mol. The number of halogens is 1. The maximum absolute atomic E-state index is 14.1. The highest BCUT2D eigenvalue weighted by Crippen LogP contribution is 2.21. The molecule has 0 saturated heterocycles. The van der Waals surface area contributed by atoms with Crippen molar-refractivity contribution in [1.82, 2.24) is 29.9 Å². The summed E-state index contributed by atoms with van der Waals surface area (Å²) >= 11 is 1.31. The molecule has 8 nitrogen and oxygen atoms in total. The van der Waals surface area contributed by atoms with Gasteiger partial charge >= 0.3 is 0 Å². The first-order valence-electron chi connectivity index (χ1n) is 8.84. The molecule has 4 rings (SSSR count). The van der Waals surface area contributed by atoms with E-state index in [1.54, 1.807) is 36.5 Å². The van der Waals surface area contributed by atoms with Crippen molar-refractivity contribution in [2.24, 2.45) is 0 Å². The Hall–Kier alpha value is -3.24. The van der Waals surface area contributed by atoms with Crippen LogP contribution in [-0.2, 0) is 13.1 Å². The largest absolute Gasteiger partial charge is 0.303 e. The predicted octanol–water partition coefficient (Wildman–Crippen LogP) is 2.78. The van der Waals surface area contributed by atoms with Crippen molar-refractivity contribution >= 4 is 33.4 Å². The summed E-state index contributed by atoms with van der Waals surface area (Å²) in [6.45, 7) is 0.802. The van der Waals surface area contributed by atoms with E-state index in [-0.39, 0.29) is 18.1 Å². The van der Waals surface area contributed by atoms with Crippen molar-refractivity contribution in [3.8, 4) is 0 Å². The zero-order chi connectivity index (χ0) is 20.4. The fourth-order valence-electron chi connectivity index (χ4n) is 2.87. The van der Waals surface area contributed by atoms with E-state index < -0.39 is 5.91 Å². The Morgan fingerprint density at radius 1 is 1.21 bits per heavy atom. The molecular formula is C19H18FN7OS. The third-order valence-electron chi connectivity index (χ3n) is 4.14. The number of anilines is 1. The van der Waals surface area contributed by atoms with E-state index in [0.29, 0.717) is 28.3 Å². The molecule has 1 N–H and O–H groups in total. The number of nitrogens with one attached hydrogen (secondary N) is 1. The first kappa shape index (κ1) is 19.1. The van der Waals surface area contributed by atoms with E-state index >= 15 is 0 Å². The van der Waals surface area contributed by atoms with Crippen molar-refractivity contribution in [1.29, 1.82) is 0 Å². The maximum Gasteiger partial charge on any atom is 0.278 e. The molecule has 10 heteroatoms. The number of hydrogen-bond donors (Lipinski definition) is 1. The summed E-state index contributed by atoms with van der Waals surface area (Å²) in [6, 6.07) is 9.95. The number of nitrogens with zero attached hydrogens (tertiary/aromatic N) is 6. The fraction of sp³-hybridized carbons (Fsp3) is 0.211. The molecule has 3 aromatic heterocycles. The minimum atomic E-state index is -0.414. The van der Waals surface area contributed by atoms with Gasteiger partial charge in [-0.3, -0.25) is 10.1 Å². The first-order chi connectivity index (χ1) is 14.0. The van der Waals surface area contributed by atoms with Crippen molar-refractivity contribution in [3.05, 3.63) is 64.7 Å². The Labute approximate surface area is 170 Å². The van der Waals surface area contributed by atoms with Crippen molar-refractivity contribution in [3.63, 3.8) is 0 Å². The number of rotatable bonds is 6. The summed E-state index contributed by atoms with van der Waals surface area (Å²) in [5, 5.41) is 17.0. The molecule has 1 amide bonds. The highest BCUT2D eigenvalue weighted by Gasteiger charge is 2.20. The summed E-state index contributed by atoms with van der Waals surface area (Å²) in [5.74, 6) is -0.747. The van der Waals surface area contributed by atoms with Gasteiger partial charge < -0.3 is 4.90 Å². The average molecular weight is 411 g/mol. The molecule has 0 bridgehead atoms. The summed E-state index contributed by atoms with van der Waals surface area (Å²) in [7, 11) is 3.86. The Kier molecular flexibility index (Phi) is 5.28. The van der Waals surface area contributed by atoms with Crippen LogP contribution in [0.4, 0.5) is 9.52 Å². The van der Waals surface area contributed by atoms with Gasteiger partial charge in [0.15, 0.2) is 11.3 Å². The quantitative estimate of drug-likeness (QED) is 0.525. The Balaban J connectivity index is 1.63. The lowest BCUT2D eigenvalue weighted by atomic mass is 10.2. The first-order valence-corrected chi connectivity index (χ1v) is 9.66. The highest BCUT2D eigenvalue weighted by molar-refractivity contribution is 7.15. The van der Waals surface area contributed by atoms with Gasteiger partial charge in [-0.05, 0) is 32.3 Å². The molecule has 0 aliphatic rings. The normalized spacial score (nSPS) is 11.3. The van der Waals surface area contributed by atoms with Crippen LogP contribution >= 0.6 is 11.3 Å². The molecule has 3 heterocycles. The molecule has 0 unspecified atom stereocenters. The molecular weight excluding hydrogens is 393 g/mol. The SMILES string of the molecule is CN(C)Cc1nnc(NC(=O)c2nn(Cc3ccccc3F)c3ncccc23)s1. The minimum absolute atomic E-state index is 0.166. The lowest BCUT2D eigenvalue weighted by Crippen LogP contribution is -2.14. The highest BCUT2D eigenvalue weighted by atomic mass is 32.1. The number of carbonyl (C=O) groups excluding carboxylic acids is 1. The van der Waals surface area contributed by atoms with Gasteiger partial charge in [-0.25, -0.2) is 14.1 Å². The van der Waals surface area contributed by atoms with Crippen LogP contribution in [0.25, 0.3) is 11.0 Å². The van der Waals surface area contributed by atoms with Crippen molar-refractivity contribution < 1.29 is 9.18 Å². The Morgan fingerprint density at radius 2 is 2.03 bits per heavy atom. The number of carbonyl (C=O) groups is 1. The smallest absolute Gasteiger partial charge is 0.278 e. The summed E-state index contributed by atoms with van der Waals surface area (Å²) in [5.41, 5.74) is 1.17. The monoisotopic (exact) mass is 411 g/mol. The number of hydrogen-bond acceptors (Lipinski definition) is 7. The molecule has 148 valence electrons. The third kappa shape index (κ3) is 4.13. The van der Waals surface area contributed by atoms with E-state index in [2.05, 4.69) is 25.6 Å². The lowest BCUT2D eigenvalue weighted by Gasteiger charge is -2.04. The number of aromatic nitrogens is 5. The van der Waals surface area contributed by atoms with E-state index in [4.69, 9.17) is 0 Å². The molecule has 29 heavy (non-hydrogen) atoms. The standard InChI is InChI=1S/C19H18FN7OS/c1-26(2)11-15-23-24-19(29-15)22-18(28)16-13-7-5-9-21-17(13)27(25-16)10-12-6-3-4-8-14(12)20/h3-9H,10-11H2,1-2H3,(H,22,24,28). The van der Waals surface area contributed by atoms with Gasteiger partial charge in [-0.15, -0.1) is 10.2 Å². The Morgan fingerprint density at radius 3 is 2.83 bits per heavy atom. The van der Waals surface area contributed by atoms with Gasteiger partial charge in [-0.2, -0.15) is 5.10 Å². The average Bonchev–Trinajstić information content (AvgIpc) is 3.28. The summed E-state index contributed by atoms with van der Waals surface area (Å²) < 4.78 is 15.6. The van der Waals surface area contributed by atoms with E-state index in [9.17, 15) is 9.18 Å². The van der Waals surface area contributed by atoms with Gasteiger partial charge in [0.05, 0.1) is 18.5 Å². The molecule has 0 aliphatic carbocycles. The topological polar surface area (TPSA) is 88.8 Å². The van der Waals surface area contributed by atoms with Crippen LogP contribution in [0.1, 0.15) is 21.1 Å². The second kappa shape index (κ2) is 8.02. The number of benzene rings is 1. The van der Waals surface area contributed by atoms with Gasteiger partial charge in [0.2, 0.25) is 5.13 Å². The summed E-state index contributed by atoms with van der Waals surface area (Å²) in [6.07, 6.45) is 1.61. The van der Waals surface area contributed by atoms with Crippen LogP contribution in [0.15, 0.2) is 42.6 Å². The number of amides is 1. The summed E-state index contributed by atoms with van der Waals surface area (Å²) in [4.78, 5) is 19.1. The van der Waals surface area contributed by atoms with Crippen LogP contribution in [-0.4, -0.2) is 49.9 Å². The minimum Gasteiger partial charge on any atom is -0.303 e. The van der Waals surface area contributed by atoms with E-state index in [1.807, 2.05) is 19.0 Å². The van der Waals surface area contributed by atoms with Gasteiger partial charge in [0, 0.05) is 11.8 Å². The third-order valence-corrected chi connectivity index (χ3v) is 4.96. The molecule has 4 aromatic rings. The molecule has 0 spiro atoms. The molecule has 0 aliphatic heterocycles. The zero-order valence-corrected chi connectivity index (χ0v) is 16.6. The molecule has 0 radical (unpaired) electrons. The second-order valence-corrected chi connectivity index (χ2v) is 7.73. The van der Waals surface area contributed by atoms with E-state index in [0.717, 1.165) is 5.01 Å². The Bertz CT molecular complexity index is 1170. The van der Waals surface area contributed by atoms with Crippen LogP contribution in [0, 0.1) is 5.82 Å². The number of pyridine rings is 1. The van der Waals surface area contributed by atoms with Gasteiger partial charge in [-0.1, -0.05) is 29.5 Å². The molecule has 0 atom stereocenters. The van der Waals surface area contributed by atoms with Gasteiger partial charge in [0.1, 0.15) is 10.8 Å². The van der Waals surface area contributed by atoms with Crippen molar-refractivity contribution in [2.75, 3.05) is 19.4 Å². The van der Waals surface area contributed by atoms with Crippen LogP contribution < -0.4 is 5.32 Å². The van der Waals surface area contributed by atoms with Crippen LogP contribution in [0.3, 0.4) is 0 Å². The van der Waals surface area contributed by atoms with E-state index in [1.165, 1.54) is 22.1 Å². The number of fused-ring (bicyclic) bond motifs is 1. The molecule has 0 fully saturated rings. The maximum atomic E-state index is 14.1. The zero-order valence-electron chi connectivity index (χ0n) is 15.8. The molecule has 1 aromatic carbocycles. The second-order valence-electron chi connectivity index (χ2n) is 6.67.